The van der Waals surface area contributed by atoms with Crippen molar-refractivity contribution in [2.45, 2.75) is 265 Å². The third-order valence-corrected chi connectivity index (χ3v) is 10.4. The van der Waals surface area contributed by atoms with E-state index in [9.17, 15) is 4.79 Å². The fraction of sp³-hybridized carbons (Fsp3) is 0.977. The molecule has 0 spiro atoms. The maximum Gasteiger partial charge on any atom is 0.222 e. The molecule has 0 N–H and O–H groups in total. The van der Waals surface area contributed by atoms with Crippen LogP contribution in [-0.2, 0) is 4.79 Å². The fourth-order valence-electron chi connectivity index (χ4n) is 7.10. The van der Waals surface area contributed by atoms with E-state index < -0.39 is 0 Å². The van der Waals surface area contributed by atoms with Crippen molar-refractivity contribution >= 4 is 5.91 Å². The molecule has 0 atom stereocenters. The van der Waals surface area contributed by atoms with Crippen molar-refractivity contribution in [2.24, 2.45) is 0 Å². The van der Waals surface area contributed by atoms with Crippen LogP contribution < -0.4 is 0 Å². The number of hydrogen-bond donors (Lipinski definition) is 0. The first-order valence-corrected chi connectivity index (χ1v) is 22.0. The van der Waals surface area contributed by atoms with Gasteiger partial charge in [-0.1, -0.05) is 239 Å². The van der Waals surface area contributed by atoms with Crippen LogP contribution >= 0.6 is 0 Å². The monoisotopic (exact) mass is 648 g/mol. The van der Waals surface area contributed by atoms with Crippen LogP contribution in [0.15, 0.2) is 0 Å². The summed E-state index contributed by atoms with van der Waals surface area (Å²) >= 11 is 0. The summed E-state index contributed by atoms with van der Waals surface area (Å²) in [5.74, 6) is 0.443. The van der Waals surface area contributed by atoms with Gasteiger partial charge in [0.2, 0.25) is 5.91 Å². The van der Waals surface area contributed by atoms with Crippen molar-refractivity contribution in [3.05, 3.63) is 0 Å². The molecule has 0 aromatic heterocycles. The molecule has 0 rings (SSSR count). The Morgan fingerprint density at radius 1 is 0.283 bits per heavy atom. The molecule has 0 bridgehead atoms. The molecule has 46 heavy (non-hydrogen) atoms. The van der Waals surface area contributed by atoms with Gasteiger partial charge in [-0.05, 0) is 19.3 Å². The van der Waals surface area contributed by atoms with E-state index in [1.54, 1.807) is 0 Å². The molecule has 0 aliphatic rings. The number of carbonyl (C=O) groups is 1. The average Bonchev–Trinajstić information content (AvgIpc) is 3.06. The van der Waals surface area contributed by atoms with Crippen LogP contribution in [0.3, 0.4) is 0 Å². The normalized spacial score (nSPS) is 11.5. The van der Waals surface area contributed by atoms with Crippen molar-refractivity contribution in [1.29, 1.82) is 0 Å². The highest BCUT2D eigenvalue weighted by Gasteiger charge is 2.12. The van der Waals surface area contributed by atoms with Crippen LogP contribution in [0.1, 0.15) is 265 Å². The molecule has 0 aromatic rings. The Bertz CT molecular complexity index is 524. The predicted octanol–water partition coefficient (Wildman–Crippen LogP) is 15.7. The number of amides is 1. The van der Waals surface area contributed by atoms with E-state index in [0.717, 1.165) is 25.9 Å². The Balaban J connectivity index is 3.85. The minimum Gasteiger partial charge on any atom is -0.343 e. The molecule has 2 nitrogen and oxygen atoms in total. The Kier molecular flexibility index (Phi) is 40.2. The van der Waals surface area contributed by atoms with Crippen LogP contribution in [0.2, 0.25) is 0 Å². The number of carbonyl (C=O) groups excluding carboxylic acids is 1. The van der Waals surface area contributed by atoms with Gasteiger partial charge in [-0.15, -0.1) is 0 Å². The van der Waals surface area contributed by atoms with Gasteiger partial charge in [0.25, 0.3) is 0 Å². The molecule has 0 aliphatic heterocycles. The summed E-state index contributed by atoms with van der Waals surface area (Å²) in [6.07, 6.45) is 52.0. The molecule has 0 saturated carbocycles. The van der Waals surface area contributed by atoms with Crippen LogP contribution in [0, 0.1) is 0 Å². The summed E-state index contributed by atoms with van der Waals surface area (Å²) in [4.78, 5) is 15.3. The maximum absolute atomic E-state index is 13.1. The zero-order chi connectivity index (χ0) is 33.4. The van der Waals surface area contributed by atoms with E-state index in [-0.39, 0.29) is 0 Å². The molecule has 0 radical (unpaired) electrons. The third kappa shape index (κ3) is 36.3. The summed E-state index contributed by atoms with van der Waals surface area (Å²) in [7, 11) is 0. The molecule has 0 fully saturated rings. The highest BCUT2D eigenvalue weighted by atomic mass is 16.2. The van der Waals surface area contributed by atoms with Crippen molar-refractivity contribution in [2.75, 3.05) is 13.1 Å². The quantitative estimate of drug-likeness (QED) is 0.0606. The number of nitrogens with zero attached hydrogens (tertiary/aromatic N) is 1. The molecule has 0 aliphatic carbocycles. The maximum atomic E-state index is 13.1. The topological polar surface area (TPSA) is 20.3 Å². The van der Waals surface area contributed by atoms with Gasteiger partial charge in [-0.2, -0.15) is 0 Å². The lowest BCUT2D eigenvalue weighted by Crippen LogP contribution is -2.32. The predicted molar refractivity (Wildman–Crippen MR) is 209 cm³/mol. The van der Waals surface area contributed by atoms with Gasteiger partial charge in [-0.3, -0.25) is 4.79 Å². The van der Waals surface area contributed by atoms with Crippen LogP contribution in [0.4, 0.5) is 0 Å². The van der Waals surface area contributed by atoms with Crippen LogP contribution in [-0.4, -0.2) is 23.9 Å². The molecule has 2 heteroatoms. The van der Waals surface area contributed by atoms with Crippen molar-refractivity contribution in [3.8, 4) is 0 Å². The molecule has 0 saturated heterocycles. The van der Waals surface area contributed by atoms with Crippen LogP contribution in [0.5, 0.6) is 0 Å². The number of rotatable bonds is 40. The Labute approximate surface area is 292 Å². The number of unbranched alkanes of at least 4 members (excludes halogenated alkanes) is 34. The highest BCUT2D eigenvalue weighted by Crippen LogP contribution is 2.16. The largest absolute Gasteiger partial charge is 0.343 e. The minimum atomic E-state index is 0.443. The molecular formula is C44H89NO. The van der Waals surface area contributed by atoms with Crippen molar-refractivity contribution in [1.82, 2.24) is 4.90 Å². The Morgan fingerprint density at radius 3 is 0.717 bits per heavy atom. The molecule has 1 amide bonds. The lowest BCUT2D eigenvalue weighted by molar-refractivity contribution is -0.131. The molecular weight excluding hydrogens is 558 g/mol. The second-order valence-corrected chi connectivity index (χ2v) is 15.2. The van der Waals surface area contributed by atoms with E-state index in [0.29, 0.717) is 5.91 Å². The Morgan fingerprint density at radius 2 is 0.478 bits per heavy atom. The zero-order valence-corrected chi connectivity index (χ0v) is 32.6. The zero-order valence-electron chi connectivity index (χ0n) is 32.6. The first-order valence-electron chi connectivity index (χ1n) is 22.0. The lowest BCUT2D eigenvalue weighted by Gasteiger charge is -2.23. The highest BCUT2D eigenvalue weighted by molar-refractivity contribution is 5.76. The van der Waals surface area contributed by atoms with E-state index in [4.69, 9.17) is 0 Å². The van der Waals surface area contributed by atoms with Gasteiger partial charge in [0.1, 0.15) is 0 Å². The molecule has 0 heterocycles. The first kappa shape index (κ1) is 45.5. The van der Waals surface area contributed by atoms with Gasteiger partial charge in [0.15, 0.2) is 0 Å². The van der Waals surface area contributed by atoms with E-state index in [2.05, 4.69) is 25.7 Å². The lowest BCUT2D eigenvalue weighted by atomic mass is 10.0. The summed E-state index contributed by atoms with van der Waals surface area (Å²) in [6.45, 7) is 8.88. The molecule has 276 valence electrons. The number of hydrogen-bond acceptors (Lipinski definition) is 1. The fourth-order valence-corrected chi connectivity index (χ4v) is 7.10. The van der Waals surface area contributed by atoms with Gasteiger partial charge in [0, 0.05) is 19.5 Å². The van der Waals surface area contributed by atoms with Crippen molar-refractivity contribution < 1.29 is 4.79 Å². The summed E-state index contributed by atoms with van der Waals surface area (Å²) in [6, 6.07) is 0. The van der Waals surface area contributed by atoms with E-state index in [1.807, 2.05) is 0 Å². The minimum absolute atomic E-state index is 0.443. The van der Waals surface area contributed by atoms with E-state index >= 15 is 0 Å². The first-order chi connectivity index (χ1) is 22.8. The summed E-state index contributed by atoms with van der Waals surface area (Å²) < 4.78 is 0. The smallest absolute Gasteiger partial charge is 0.222 e. The average molecular weight is 648 g/mol. The van der Waals surface area contributed by atoms with Gasteiger partial charge in [-0.25, -0.2) is 0 Å². The molecule has 0 aromatic carbocycles. The second kappa shape index (κ2) is 40.6. The van der Waals surface area contributed by atoms with Gasteiger partial charge >= 0.3 is 0 Å². The third-order valence-electron chi connectivity index (χ3n) is 10.4. The van der Waals surface area contributed by atoms with E-state index in [1.165, 1.54) is 231 Å². The van der Waals surface area contributed by atoms with Gasteiger partial charge in [0.05, 0.1) is 0 Å². The second-order valence-electron chi connectivity index (χ2n) is 15.2. The standard InChI is InChI=1S/C44H89NO/c1-4-7-10-13-15-17-19-21-23-25-27-29-31-33-36-39-42-45(44(46)41-38-35-12-9-6-3)43-40-37-34-32-30-28-26-24-22-20-18-16-14-11-8-5-2/h4-43H2,1-3H3. The van der Waals surface area contributed by atoms with Gasteiger partial charge < -0.3 is 4.90 Å². The molecule has 0 unspecified atom stereocenters. The summed E-state index contributed by atoms with van der Waals surface area (Å²) in [5.41, 5.74) is 0. The van der Waals surface area contributed by atoms with Crippen molar-refractivity contribution in [3.63, 3.8) is 0 Å². The summed E-state index contributed by atoms with van der Waals surface area (Å²) in [5, 5.41) is 0. The van der Waals surface area contributed by atoms with Crippen LogP contribution in [0.25, 0.3) is 0 Å². The Hall–Kier alpha value is -0.530. The SMILES string of the molecule is CCCCCCCCCCCCCCCCCCN(CCCCCCCCCCCCCCCCCC)C(=O)CCCCCCC.